The van der Waals surface area contributed by atoms with Crippen LogP contribution in [0, 0.1) is 0 Å². The highest BCUT2D eigenvalue weighted by Crippen LogP contribution is 2.43. The SMILES string of the molecule is C=C(CC)[PH](=O)OC(C)(CC)C[C@H]1O[C@@H]([n+]2cccc(C(N)=O)c2)[C@H](O)[C@@H]1O. The fourth-order valence-electron chi connectivity index (χ4n) is 3.07. The number of nitrogens with zero attached hydrogens (tertiary/aromatic N) is 1. The van der Waals surface area contributed by atoms with Crippen molar-refractivity contribution in [3.05, 3.63) is 42.0 Å². The Bertz CT molecular complexity index is 758. The Morgan fingerprint density at radius 3 is 2.68 bits per heavy atom. The molecule has 9 heteroatoms. The third kappa shape index (κ3) is 5.07. The van der Waals surface area contributed by atoms with Gasteiger partial charge in [0.1, 0.15) is 11.7 Å². The predicted octanol–water partition coefficient (Wildman–Crippen LogP) is 1.67. The molecule has 1 aliphatic rings. The molecular weight excluding hydrogens is 383 g/mol. The molecule has 0 aromatic carbocycles. The molecular formula is C19H30N2O6P+. The summed E-state index contributed by atoms with van der Waals surface area (Å²) < 4.78 is 25.5. The van der Waals surface area contributed by atoms with Crippen molar-refractivity contribution in [3.8, 4) is 0 Å². The first-order valence-corrected chi connectivity index (χ1v) is 10.7. The van der Waals surface area contributed by atoms with Crippen molar-refractivity contribution in [2.75, 3.05) is 0 Å². The highest BCUT2D eigenvalue weighted by atomic mass is 31.1. The molecule has 1 aliphatic heterocycles. The van der Waals surface area contributed by atoms with Gasteiger partial charge in [0.2, 0.25) is 8.03 Å². The number of allylic oxidation sites excluding steroid dienone is 1. The van der Waals surface area contributed by atoms with Gasteiger partial charge in [0.15, 0.2) is 18.5 Å². The zero-order valence-corrected chi connectivity index (χ0v) is 17.5. The van der Waals surface area contributed by atoms with E-state index in [-0.39, 0.29) is 12.0 Å². The number of pyridine rings is 1. The molecule has 2 unspecified atom stereocenters. The first-order chi connectivity index (χ1) is 13.1. The minimum Gasteiger partial charge on any atom is -0.387 e. The smallest absolute Gasteiger partial charge is 0.291 e. The van der Waals surface area contributed by atoms with E-state index in [1.807, 2.05) is 13.8 Å². The zero-order chi connectivity index (χ0) is 21.1. The van der Waals surface area contributed by atoms with E-state index in [2.05, 4.69) is 6.58 Å². The summed E-state index contributed by atoms with van der Waals surface area (Å²) >= 11 is 0. The Morgan fingerprint density at radius 1 is 1.43 bits per heavy atom. The molecule has 28 heavy (non-hydrogen) atoms. The van der Waals surface area contributed by atoms with Crippen molar-refractivity contribution in [1.82, 2.24) is 0 Å². The van der Waals surface area contributed by atoms with Gasteiger partial charge in [0, 0.05) is 17.8 Å². The number of nitrogens with two attached hydrogens (primary N) is 1. The lowest BCUT2D eigenvalue weighted by molar-refractivity contribution is -0.765. The third-order valence-corrected chi connectivity index (χ3v) is 6.78. The number of hydrogen-bond donors (Lipinski definition) is 3. The lowest BCUT2D eigenvalue weighted by atomic mass is 9.93. The summed E-state index contributed by atoms with van der Waals surface area (Å²) in [7, 11) is -2.44. The molecule has 0 spiro atoms. The number of carbonyl (C=O) groups is 1. The molecule has 0 saturated carbocycles. The van der Waals surface area contributed by atoms with Gasteiger partial charge in [-0.2, -0.15) is 4.57 Å². The third-order valence-electron chi connectivity index (χ3n) is 5.17. The number of amides is 1. The maximum Gasteiger partial charge on any atom is 0.291 e. The van der Waals surface area contributed by atoms with Gasteiger partial charge in [-0.15, -0.1) is 0 Å². The van der Waals surface area contributed by atoms with Crippen LogP contribution in [0.25, 0.3) is 0 Å². The van der Waals surface area contributed by atoms with Crippen molar-refractivity contribution < 1.29 is 33.4 Å². The Hall–Kier alpha value is -1.57. The second-order valence-corrected chi connectivity index (χ2v) is 8.79. The van der Waals surface area contributed by atoms with Crippen molar-refractivity contribution in [2.24, 2.45) is 5.73 Å². The van der Waals surface area contributed by atoms with Crippen molar-refractivity contribution in [3.63, 3.8) is 0 Å². The summed E-state index contributed by atoms with van der Waals surface area (Å²) in [5.74, 6) is -0.604. The van der Waals surface area contributed by atoms with Crippen LogP contribution < -0.4 is 10.3 Å². The monoisotopic (exact) mass is 413 g/mol. The van der Waals surface area contributed by atoms with Gasteiger partial charge >= 0.3 is 0 Å². The minimum absolute atomic E-state index is 0.238. The van der Waals surface area contributed by atoms with Gasteiger partial charge < -0.3 is 25.2 Å². The summed E-state index contributed by atoms with van der Waals surface area (Å²) in [5, 5.41) is 21.5. The summed E-state index contributed by atoms with van der Waals surface area (Å²) in [6.07, 6.45) is 0.429. The number of aliphatic hydroxyl groups excluding tert-OH is 2. The minimum atomic E-state index is -2.44. The Labute approximate surface area is 165 Å². The fourth-order valence-corrected chi connectivity index (χ4v) is 4.17. The average molecular weight is 413 g/mol. The molecule has 0 bridgehead atoms. The van der Waals surface area contributed by atoms with Gasteiger partial charge in [-0.1, -0.05) is 20.4 Å². The van der Waals surface area contributed by atoms with E-state index in [0.717, 1.165) is 0 Å². The normalized spacial score (nSPS) is 27.9. The quantitative estimate of drug-likeness (QED) is 0.418. The van der Waals surface area contributed by atoms with Crippen LogP contribution in [0.1, 0.15) is 56.6 Å². The summed E-state index contributed by atoms with van der Waals surface area (Å²) in [6.45, 7) is 9.33. The molecule has 0 radical (unpaired) electrons. The molecule has 2 rings (SSSR count). The fraction of sp³-hybridized carbons (Fsp3) is 0.579. The number of aliphatic hydroxyl groups is 2. The number of carbonyl (C=O) groups excluding carboxylic acids is 1. The van der Waals surface area contributed by atoms with E-state index in [4.69, 9.17) is 15.0 Å². The topological polar surface area (TPSA) is 123 Å². The zero-order valence-electron chi connectivity index (χ0n) is 16.5. The molecule has 156 valence electrons. The van der Waals surface area contributed by atoms with Crippen LogP contribution in [0.5, 0.6) is 0 Å². The molecule has 2 heterocycles. The molecule has 1 saturated heterocycles. The van der Waals surface area contributed by atoms with E-state index >= 15 is 0 Å². The predicted molar refractivity (Wildman–Crippen MR) is 104 cm³/mol. The molecule has 1 aromatic heterocycles. The van der Waals surface area contributed by atoms with Gasteiger partial charge in [-0.25, -0.2) is 0 Å². The standard InChI is InChI=1S/C19H29N2O6P/c1-5-12(3)28(25)27-19(4,6-2)10-14-15(22)16(23)18(26-14)21-9-7-8-13(11-21)17(20)24/h7-9,11,14-16,18,22-23,28H,3,5-6,10H2,1-2,4H3,(H-,20,24)/p+1/t14-,15-,16-,18-,19?/m1/s1. The van der Waals surface area contributed by atoms with E-state index in [1.165, 1.54) is 10.8 Å². The lowest BCUT2D eigenvalue weighted by Gasteiger charge is -2.31. The maximum atomic E-state index is 12.3. The van der Waals surface area contributed by atoms with Gasteiger partial charge in [0.05, 0.1) is 11.7 Å². The number of aromatic nitrogens is 1. The summed E-state index contributed by atoms with van der Waals surface area (Å²) in [6, 6.07) is 3.16. The van der Waals surface area contributed by atoms with Crippen LogP contribution in [-0.4, -0.2) is 40.0 Å². The van der Waals surface area contributed by atoms with Gasteiger partial charge in [0.25, 0.3) is 12.1 Å². The van der Waals surface area contributed by atoms with Crippen LogP contribution >= 0.6 is 8.03 Å². The molecule has 8 nitrogen and oxygen atoms in total. The molecule has 1 amide bonds. The molecule has 4 N–H and O–H groups in total. The Kier molecular flexibility index (Phi) is 7.53. The number of rotatable bonds is 9. The van der Waals surface area contributed by atoms with Gasteiger partial charge in [-0.05, 0) is 25.8 Å². The highest BCUT2D eigenvalue weighted by molar-refractivity contribution is 7.44. The van der Waals surface area contributed by atoms with Crippen molar-refractivity contribution in [2.45, 2.75) is 70.2 Å². The van der Waals surface area contributed by atoms with E-state index < -0.39 is 44.1 Å². The molecule has 6 atom stereocenters. The lowest BCUT2D eigenvalue weighted by Crippen LogP contribution is -2.46. The van der Waals surface area contributed by atoms with Crippen LogP contribution in [0.2, 0.25) is 0 Å². The van der Waals surface area contributed by atoms with Gasteiger partial charge in [-0.3, -0.25) is 9.36 Å². The molecule has 1 fully saturated rings. The van der Waals surface area contributed by atoms with Crippen molar-refractivity contribution in [1.29, 1.82) is 0 Å². The van der Waals surface area contributed by atoms with Crippen LogP contribution in [0.15, 0.2) is 36.4 Å². The van der Waals surface area contributed by atoms with Crippen LogP contribution in [0.4, 0.5) is 0 Å². The summed E-state index contributed by atoms with van der Waals surface area (Å²) in [5.41, 5.74) is 4.75. The van der Waals surface area contributed by atoms with E-state index in [0.29, 0.717) is 18.2 Å². The maximum absolute atomic E-state index is 12.3. The average Bonchev–Trinajstić information content (AvgIpc) is 2.95. The first-order valence-electron chi connectivity index (χ1n) is 9.35. The second kappa shape index (κ2) is 9.29. The molecule has 1 aromatic rings. The molecule has 0 aliphatic carbocycles. The first kappa shape index (κ1) is 22.7. The van der Waals surface area contributed by atoms with E-state index in [9.17, 15) is 19.6 Å². The summed E-state index contributed by atoms with van der Waals surface area (Å²) in [4.78, 5) is 11.4. The van der Waals surface area contributed by atoms with Crippen LogP contribution in [0.3, 0.4) is 0 Å². The largest absolute Gasteiger partial charge is 0.387 e. The van der Waals surface area contributed by atoms with E-state index in [1.54, 1.807) is 25.3 Å². The second-order valence-electron chi connectivity index (χ2n) is 7.30. The van der Waals surface area contributed by atoms with Crippen LogP contribution in [-0.2, 0) is 13.8 Å². The Balaban J connectivity index is 2.16. The Morgan fingerprint density at radius 2 is 2.11 bits per heavy atom. The highest BCUT2D eigenvalue weighted by Gasteiger charge is 2.50. The number of ether oxygens (including phenoxy) is 1. The number of hydrogen-bond acceptors (Lipinski definition) is 6. The van der Waals surface area contributed by atoms with Crippen molar-refractivity contribution >= 4 is 13.9 Å². The number of primary amides is 1.